The normalized spacial score (nSPS) is 24.0. The highest BCUT2D eigenvalue weighted by molar-refractivity contribution is 4.91. The molecule has 3 atom stereocenters. The van der Waals surface area contributed by atoms with E-state index in [1.807, 2.05) is 20.8 Å². The Kier molecular flexibility index (Phi) is 9.80. The van der Waals surface area contributed by atoms with Crippen LogP contribution < -0.4 is 0 Å². The molecule has 1 heterocycles. The van der Waals surface area contributed by atoms with Crippen molar-refractivity contribution < 1.29 is 19.7 Å². The minimum Gasteiger partial charge on any atom is -0.396 e. The van der Waals surface area contributed by atoms with E-state index >= 15 is 0 Å². The maximum absolute atomic E-state index is 11.2. The molecule has 0 aromatic rings. The van der Waals surface area contributed by atoms with Crippen LogP contribution in [0.3, 0.4) is 0 Å². The fraction of sp³-hybridized carbons (Fsp3) is 1.00. The predicted molar refractivity (Wildman–Crippen MR) is 97.9 cm³/mol. The number of ether oxygens (including phenoxy) is 2. The average Bonchev–Trinajstić information content (AvgIpc) is 2.92. The van der Waals surface area contributed by atoms with Crippen LogP contribution in [0.5, 0.6) is 0 Å². The van der Waals surface area contributed by atoms with Gasteiger partial charge in [0.05, 0.1) is 12.2 Å². The van der Waals surface area contributed by atoms with Crippen molar-refractivity contribution in [1.82, 2.24) is 0 Å². The summed E-state index contributed by atoms with van der Waals surface area (Å²) in [7, 11) is 0. The number of rotatable bonds is 13. The molecule has 2 N–H and O–H groups in total. The second-order valence-corrected chi connectivity index (χ2v) is 8.12. The summed E-state index contributed by atoms with van der Waals surface area (Å²) in [6.45, 7) is 8.67. The van der Waals surface area contributed by atoms with Gasteiger partial charge in [0.15, 0.2) is 5.79 Å². The van der Waals surface area contributed by atoms with Crippen molar-refractivity contribution in [3.63, 3.8) is 0 Å². The number of aliphatic hydroxyl groups excluding tert-OH is 1. The van der Waals surface area contributed by atoms with E-state index in [0.29, 0.717) is 13.0 Å². The van der Waals surface area contributed by atoms with Gasteiger partial charge in [-0.3, -0.25) is 0 Å². The Hall–Kier alpha value is -0.160. The summed E-state index contributed by atoms with van der Waals surface area (Å²) < 4.78 is 11.6. The van der Waals surface area contributed by atoms with Crippen LogP contribution in [0.15, 0.2) is 0 Å². The zero-order chi connectivity index (χ0) is 18.1. The van der Waals surface area contributed by atoms with Gasteiger partial charge < -0.3 is 19.7 Å². The first kappa shape index (κ1) is 21.9. The molecule has 1 fully saturated rings. The van der Waals surface area contributed by atoms with Gasteiger partial charge in [0.25, 0.3) is 0 Å². The Morgan fingerprint density at radius 3 is 2.25 bits per heavy atom. The van der Waals surface area contributed by atoms with Crippen molar-refractivity contribution in [2.45, 2.75) is 109 Å². The molecule has 4 nitrogen and oxygen atoms in total. The Morgan fingerprint density at radius 2 is 1.71 bits per heavy atom. The van der Waals surface area contributed by atoms with Gasteiger partial charge in [-0.2, -0.15) is 0 Å². The summed E-state index contributed by atoms with van der Waals surface area (Å²) in [4.78, 5) is 0. The van der Waals surface area contributed by atoms with E-state index in [2.05, 4.69) is 6.92 Å². The molecule has 144 valence electrons. The van der Waals surface area contributed by atoms with Crippen molar-refractivity contribution in [3.05, 3.63) is 0 Å². The van der Waals surface area contributed by atoms with Crippen LogP contribution in [0.1, 0.15) is 91.9 Å². The Labute approximate surface area is 148 Å². The fourth-order valence-corrected chi connectivity index (χ4v) is 3.37. The third-order valence-electron chi connectivity index (χ3n) is 5.20. The van der Waals surface area contributed by atoms with Crippen molar-refractivity contribution in [2.24, 2.45) is 5.92 Å². The maximum atomic E-state index is 11.2. The van der Waals surface area contributed by atoms with E-state index < -0.39 is 11.4 Å². The standard InChI is InChI=1S/C20H40O4/c1-5-6-7-8-9-10-11-13-20(22,14-12-17(2)15-21)18-16-23-19(3,4)24-18/h17-18,21-22H,5-16H2,1-4H3/t17-,18+,20+/m1/s1. The summed E-state index contributed by atoms with van der Waals surface area (Å²) in [6, 6.07) is 0. The van der Waals surface area contributed by atoms with Gasteiger partial charge in [-0.1, -0.05) is 58.8 Å². The van der Waals surface area contributed by atoms with Gasteiger partial charge in [-0.15, -0.1) is 0 Å². The smallest absolute Gasteiger partial charge is 0.163 e. The maximum Gasteiger partial charge on any atom is 0.163 e. The minimum absolute atomic E-state index is 0.168. The van der Waals surface area contributed by atoms with Crippen molar-refractivity contribution in [1.29, 1.82) is 0 Å². The van der Waals surface area contributed by atoms with Gasteiger partial charge in [0.2, 0.25) is 0 Å². The van der Waals surface area contributed by atoms with E-state index in [9.17, 15) is 10.2 Å². The van der Waals surface area contributed by atoms with Gasteiger partial charge in [0.1, 0.15) is 6.10 Å². The number of aliphatic hydroxyl groups is 2. The lowest BCUT2D eigenvalue weighted by Crippen LogP contribution is -2.45. The van der Waals surface area contributed by atoms with E-state index in [1.54, 1.807) is 0 Å². The quantitative estimate of drug-likeness (QED) is 0.486. The lowest BCUT2D eigenvalue weighted by Gasteiger charge is -2.34. The van der Waals surface area contributed by atoms with E-state index in [-0.39, 0.29) is 18.6 Å². The van der Waals surface area contributed by atoms with E-state index in [4.69, 9.17) is 9.47 Å². The molecule has 0 aliphatic carbocycles. The molecule has 0 aromatic carbocycles. The second kappa shape index (κ2) is 10.7. The topological polar surface area (TPSA) is 58.9 Å². The summed E-state index contributed by atoms with van der Waals surface area (Å²) in [6.07, 6.45) is 10.6. The first-order valence-corrected chi connectivity index (χ1v) is 9.98. The predicted octanol–water partition coefficient (Wildman–Crippen LogP) is 4.42. The molecule has 24 heavy (non-hydrogen) atoms. The van der Waals surface area contributed by atoms with Crippen LogP contribution in [0.25, 0.3) is 0 Å². The first-order valence-electron chi connectivity index (χ1n) is 9.98. The van der Waals surface area contributed by atoms with Gasteiger partial charge in [-0.25, -0.2) is 0 Å². The zero-order valence-electron chi connectivity index (χ0n) is 16.4. The highest BCUT2D eigenvalue weighted by atomic mass is 16.7. The zero-order valence-corrected chi connectivity index (χ0v) is 16.4. The van der Waals surface area contributed by atoms with E-state index in [0.717, 1.165) is 19.3 Å². The fourth-order valence-electron chi connectivity index (χ4n) is 3.37. The summed E-state index contributed by atoms with van der Waals surface area (Å²) in [5.74, 6) is -0.401. The molecule has 0 radical (unpaired) electrons. The molecule has 0 bridgehead atoms. The Balaban J connectivity index is 2.45. The summed E-state index contributed by atoms with van der Waals surface area (Å²) in [5.41, 5.74) is -0.847. The molecule has 0 unspecified atom stereocenters. The van der Waals surface area contributed by atoms with Crippen LogP contribution in [-0.4, -0.2) is 40.9 Å². The van der Waals surface area contributed by atoms with Crippen molar-refractivity contribution in [2.75, 3.05) is 13.2 Å². The summed E-state index contributed by atoms with van der Waals surface area (Å²) >= 11 is 0. The van der Waals surface area contributed by atoms with Gasteiger partial charge in [-0.05, 0) is 39.0 Å². The molecule has 4 heteroatoms. The SMILES string of the molecule is CCCCCCCCC[C@](O)(CC[C@@H](C)CO)[C@@H]1COC(C)(C)O1. The minimum atomic E-state index is -0.847. The van der Waals surface area contributed by atoms with Crippen molar-refractivity contribution in [3.8, 4) is 0 Å². The molecular weight excluding hydrogens is 304 g/mol. The highest BCUT2D eigenvalue weighted by Crippen LogP contribution is 2.35. The van der Waals surface area contributed by atoms with Crippen LogP contribution in [0.4, 0.5) is 0 Å². The molecule has 0 saturated carbocycles. The highest BCUT2D eigenvalue weighted by Gasteiger charge is 2.45. The number of unbranched alkanes of at least 4 members (excludes halogenated alkanes) is 6. The number of hydrogen-bond donors (Lipinski definition) is 2. The van der Waals surface area contributed by atoms with Crippen molar-refractivity contribution >= 4 is 0 Å². The van der Waals surface area contributed by atoms with Crippen LogP contribution >= 0.6 is 0 Å². The molecule has 1 aliphatic heterocycles. The molecule has 0 aromatic heterocycles. The Bertz CT molecular complexity index is 332. The van der Waals surface area contributed by atoms with Crippen LogP contribution in [0, 0.1) is 5.92 Å². The molecular formula is C20H40O4. The molecule has 0 amide bonds. The first-order chi connectivity index (χ1) is 11.3. The van der Waals surface area contributed by atoms with Crippen LogP contribution in [-0.2, 0) is 9.47 Å². The molecule has 0 spiro atoms. The molecule has 1 rings (SSSR count). The average molecular weight is 345 g/mol. The monoisotopic (exact) mass is 344 g/mol. The second-order valence-electron chi connectivity index (χ2n) is 8.12. The van der Waals surface area contributed by atoms with Crippen LogP contribution in [0.2, 0.25) is 0 Å². The third-order valence-corrected chi connectivity index (χ3v) is 5.20. The Morgan fingerprint density at radius 1 is 1.08 bits per heavy atom. The van der Waals surface area contributed by atoms with Gasteiger partial charge >= 0.3 is 0 Å². The third kappa shape index (κ3) is 7.81. The lowest BCUT2D eigenvalue weighted by atomic mass is 9.84. The van der Waals surface area contributed by atoms with E-state index in [1.165, 1.54) is 38.5 Å². The molecule has 1 aliphatic rings. The number of hydrogen-bond acceptors (Lipinski definition) is 4. The lowest BCUT2D eigenvalue weighted by molar-refractivity contribution is -0.174. The van der Waals surface area contributed by atoms with Gasteiger partial charge in [0, 0.05) is 6.61 Å². The largest absolute Gasteiger partial charge is 0.396 e. The summed E-state index contributed by atoms with van der Waals surface area (Å²) in [5, 5.41) is 20.5. The molecule has 1 saturated heterocycles.